The molecule has 0 radical (unpaired) electrons. The van der Waals surface area contributed by atoms with E-state index >= 15 is 0 Å². The molecule has 2 aromatic carbocycles. The van der Waals surface area contributed by atoms with Gasteiger partial charge in [0.05, 0.1) is 26.8 Å². The number of benzene rings is 2. The van der Waals surface area contributed by atoms with Crippen LogP contribution < -0.4 is 24.8 Å². The Morgan fingerprint density at radius 1 is 0.970 bits per heavy atom. The van der Waals surface area contributed by atoms with Gasteiger partial charge >= 0.3 is 0 Å². The summed E-state index contributed by atoms with van der Waals surface area (Å²) in [6.07, 6.45) is 3.39. The van der Waals surface area contributed by atoms with Gasteiger partial charge in [-0.15, -0.1) is 0 Å². The van der Waals surface area contributed by atoms with Gasteiger partial charge in [0, 0.05) is 43.7 Å². The van der Waals surface area contributed by atoms with Crippen LogP contribution in [-0.2, 0) is 4.79 Å². The van der Waals surface area contributed by atoms with Gasteiger partial charge in [-0.05, 0) is 29.8 Å². The van der Waals surface area contributed by atoms with Crippen molar-refractivity contribution in [2.24, 2.45) is 0 Å². The molecule has 2 heterocycles. The predicted octanol–water partition coefficient (Wildman–Crippen LogP) is 2.60. The third kappa shape index (κ3) is 4.77. The summed E-state index contributed by atoms with van der Waals surface area (Å²) in [4.78, 5) is 25.6. The molecule has 1 amide bonds. The van der Waals surface area contributed by atoms with Gasteiger partial charge in [0.25, 0.3) is 0 Å². The molecule has 0 unspecified atom stereocenters. The predicted molar refractivity (Wildman–Crippen MR) is 128 cm³/mol. The third-order valence-corrected chi connectivity index (χ3v) is 5.61. The van der Waals surface area contributed by atoms with E-state index in [-0.39, 0.29) is 5.91 Å². The maximum atomic E-state index is 12.6. The summed E-state index contributed by atoms with van der Waals surface area (Å²) in [6, 6.07) is 11.1. The standard InChI is InChI=1S/C24H27N5O4/c1-31-17-6-4-5-16(13-17)7-8-22(30)28-9-11-29(12-10-28)24-26-19-15-21(33-3)20(32-2)14-18(19)23(25)27-24/h4-8,13-15H,9-12H2,1-3H3,(H2,25,26,27)/b8-7+. The molecule has 1 fully saturated rings. The number of hydrogen-bond acceptors (Lipinski definition) is 8. The number of anilines is 2. The lowest BCUT2D eigenvalue weighted by Gasteiger charge is -2.34. The zero-order chi connectivity index (χ0) is 23.4. The Morgan fingerprint density at radius 2 is 1.70 bits per heavy atom. The number of hydrogen-bond donors (Lipinski definition) is 1. The zero-order valence-electron chi connectivity index (χ0n) is 18.9. The Labute approximate surface area is 192 Å². The first-order valence-corrected chi connectivity index (χ1v) is 10.6. The number of nitrogens with two attached hydrogens (primary N) is 1. The summed E-state index contributed by atoms with van der Waals surface area (Å²) < 4.78 is 15.9. The highest BCUT2D eigenvalue weighted by atomic mass is 16.5. The molecule has 1 aliphatic rings. The van der Waals surface area contributed by atoms with Crippen molar-refractivity contribution in [1.82, 2.24) is 14.9 Å². The fourth-order valence-electron chi connectivity index (χ4n) is 3.75. The van der Waals surface area contributed by atoms with E-state index < -0.39 is 0 Å². The number of aromatic nitrogens is 2. The molecule has 1 saturated heterocycles. The molecular weight excluding hydrogens is 422 g/mol. The minimum atomic E-state index is -0.0340. The van der Waals surface area contributed by atoms with E-state index in [9.17, 15) is 4.79 Å². The number of carbonyl (C=O) groups is 1. The van der Waals surface area contributed by atoms with Gasteiger partial charge < -0.3 is 29.7 Å². The first kappa shape index (κ1) is 22.2. The minimum absolute atomic E-state index is 0.0340. The number of carbonyl (C=O) groups excluding carboxylic acids is 1. The lowest BCUT2D eigenvalue weighted by atomic mass is 10.2. The second-order valence-corrected chi connectivity index (χ2v) is 7.56. The summed E-state index contributed by atoms with van der Waals surface area (Å²) in [5, 5.41) is 0.702. The van der Waals surface area contributed by atoms with Gasteiger partial charge in [-0.25, -0.2) is 4.98 Å². The molecule has 1 aliphatic heterocycles. The van der Waals surface area contributed by atoms with E-state index in [0.717, 1.165) is 11.3 Å². The smallest absolute Gasteiger partial charge is 0.246 e. The van der Waals surface area contributed by atoms with Crippen LogP contribution in [-0.4, -0.2) is 68.3 Å². The van der Waals surface area contributed by atoms with E-state index in [1.165, 1.54) is 0 Å². The molecule has 9 heteroatoms. The number of ether oxygens (including phenoxy) is 3. The minimum Gasteiger partial charge on any atom is -0.497 e. The molecule has 3 aromatic rings. The third-order valence-electron chi connectivity index (χ3n) is 5.61. The summed E-state index contributed by atoms with van der Waals surface area (Å²) in [6.45, 7) is 2.34. The SMILES string of the molecule is COc1cccc(/C=C/C(=O)N2CCN(c3nc(N)c4cc(OC)c(OC)cc4n3)CC2)c1. The summed E-state index contributed by atoms with van der Waals surface area (Å²) >= 11 is 0. The lowest BCUT2D eigenvalue weighted by Crippen LogP contribution is -2.48. The molecule has 2 N–H and O–H groups in total. The number of rotatable bonds is 6. The Kier molecular flexibility index (Phi) is 6.48. The molecule has 9 nitrogen and oxygen atoms in total. The lowest BCUT2D eigenvalue weighted by molar-refractivity contribution is -0.126. The van der Waals surface area contributed by atoms with Crippen molar-refractivity contribution < 1.29 is 19.0 Å². The van der Waals surface area contributed by atoms with Crippen LogP contribution in [0.5, 0.6) is 17.2 Å². The highest BCUT2D eigenvalue weighted by Gasteiger charge is 2.22. The molecule has 0 saturated carbocycles. The maximum Gasteiger partial charge on any atom is 0.246 e. The van der Waals surface area contributed by atoms with Gasteiger partial charge in [-0.3, -0.25) is 4.79 Å². The summed E-state index contributed by atoms with van der Waals surface area (Å²) in [5.41, 5.74) is 7.80. The van der Waals surface area contributed by atoms with Crippen LogP contribution in [0, 0.1) is 0 Å². The van der Waals surface area contributed by atoms with E-state index in [1.54, 1.807) is 45.6 Å². The molecule has 172 valence electrons. The van der Waals surface area contributed by atoms with Crippen LogP contribution in [0.25, 0.3) is 17.0 Å². The average Bonchev–Trinajstić information content (AvgIpc) is 2.86. The van der Waals surface area contributed by atoms with Crippen molar-refractivity contribution in [1.29, 1.82) is 0 Å². The van der Waals surface area contributed by atoms with Crippen molar-refractivity contribution in [3.63, 3.8) is 0 Å². The highest BCUT2D eigenvalue weighted by Crippen LogP contribution is 2.34. The fraction of sp³-hybridized carbons (Fsp3) is 0.292. The van der Waals surface area contributed by atoms with E-state index in [1.807, 2.05) is 34.1 Å². The fourth-order valence-corrected chi connectivity index (χ4v) is 3.75. The summed E-state index contributed by atoms with van der Waals surface area (Å²) in [5.74, 6) is 2.77. The molecule has 0 bridgehead atoms. The number of methoxy groups -OCH3 is 3. The van der Waals surface area contributed by atoms with E-state index in [0.29, 0.717) is 60.3 Å². The number of nitrogen functional groups attached to an aromatic ring is 1. The largest absolute Gasteiger partial charge is 0.497 e. The molecule has 1 aromatic heterocycles. The van der Waals surface area contributed by atoms with Gasteiger partial charge in [-0.2, -0.15) is 4.98 Å². The van der Waals surface area contributed by atoms with Crippen LogP contribution in [0.1, 0.15) is 5.56 Å². The maximum absolute atomic E-state index is 12.6. The van der Waals surface area contributed by atoms with Crippen molar-refractivity contribution in [3.8, 4) is 17.2 Å². The quantitative estimate of drug-likeness (QED) is 0.573. The van der Waals surface area contributed by atoms with Gasteiger partial charge in [-0.1, -0.05) is 12.1 Å². The number of nitrogens with zero attached hydrogens (tertiary/aromatic N) is 4. The average molecular weight is 450 g/mol. The number of fused-ring (bicyclic) bond motifs is 1. The highest BCUT2D eigenvalue weighted by molar-refractivity contribution is 5.93. The molecule has 4 rings (SSSR count). The van der Waals surface area contributed by atoms with E-state index in [4.69, 9.17) is 19.9 Å². The second kappa shape index (κ2) is 9.64. The first-order chi connectivity index (χ1) is 16.0. The number of piperazine rings is 1. The van der Waals surface area contributed by atoms with E-state index in [2.05, 4.69) is 9.97 Å². The Morgan fingerprint density at radius 3 is 2.39 bits per heavy atom. The van der Waals surface area contributed by atoms with Crippen molar-refractivity contribution >= 4 is 34.7 Å². The Hall–Kier alpha value is -4.01. The molecule has 33 heavy (non-hydrogen) atoms. The monoisotopic (exact) mass is 449 g/mol. The molecule has 0 aliphatic carbocycles. The van der Waals surface area contributed by atoms with Crippen molar-refractivity contribution in [2.75, 3.05) is 58.1 Å². The normalized spacial score (nSPS) is 14.0. The van der Waals surface area contributed by atoms with Gasteiger partial charge in [0.1, 0.15) is 11.6 Å². The Balaban J connectivity index is 1.44. The molecule has 0 atom stereocenters. The van der Waals surface area contributed by atoms with Crippen LogP contribution in [0.4, 0.5) is 11.8 Å². The van der Waals surface area contributed by atoms with Crippen molar-refractivity contribution in [3.05, 3.63) is 48.0 Å². The van der Waals surface area contributed by atoms with Crippen LogP contribution in [0.2, 0.25) is 0 Å². The van der Waals surface area contributed by atoms with Crippen molar-refractivity contribution in [2.45, 2.75) is 0 Å². The molecule has 0 spiro atoms. The second-order valence-electron chi connectivity index (χ2n) is 7.56. The van der Waals surface area contributed by atoms with Crippen LogP contribution >= 0.6 is 0 Å². The first-order valence-electron chi connectivity index (χ1n) is 10.6. The number of amides is 1. The Bertz CT molecular complexity index is 1190. The van der Waals surface area contributed by atoms with Gasteiger partial charge in [0.15, 0.2) is 11.5 Å². The summed E-state index contributed by atoms with van der Waals surface area (Å²) in [7, 11) is 4.77. The molecular formula is C24H27N5O4. The topological polar surface area (TPSA) is 103 Å². The van der Waals surface area contributed by atoms with Gasteiger partial charge in [0.2, 0.25) is 11.9 Å². The van der Waals surface area contributed by atoms with Crippen LogP contribution in [0.3, 0.4) is 0 Å². The van der Waals surface area contributed by atoms with Crippen LogP contribution in [0.15, 0.2) is 42.5 Å². The zero-order valence-corrected chi connectivity index (χ0v) is 18.9.